The predicted molar refractivity (Wildman–Crippen MR) is 30.6 cm³/mol. The van der Waals surface area contributed by atoms with Crippen LogP contribution in [0.4, 0.5) is 0 Å². The minimum atomic E-state index is 0.381. The number of carbonyl (C=O) groups excluding carboxylic acids is 1. The third-order valence-electron chi connectivity index (χ3n) is 0.933. The van der Waals surface area contributed by atoms with Crippen LogP contribution in [0.1, 0.15) is 12.8 Å². The van der Waals surface area contributed by atoms with Crippen molar-refractivity contribution in [2.75, 3.05) is 6.54 Å². The van der Waals surface area contributed by atoms with E-state index in [1.807, 2.05) is 0 Å². The second-order valence-electron chi connectivity index (χ2n) is 1.58. The zero-order chi connectivity index (χ0) is 5.11. The fourth-order valence-electron chi connectivity index (χ4n) is 0.561. The summed E-state index contributed by atoms with van der Waals surface area (Å²) in [5, 5.41) is 3.01. The maximum atomic E-state index is 10.4. The summed E-state index contributed by atoms with van der Waals surface area (Å²) in [6.45, 7) is 1.03. The molecule has 1 N–H and O–H groups in total. The molecule has 40 valence electrons. The van der Waals surface area contributed by atoms with Gasteiger partial charge in [-0.3, -0.25) is 9.88 Å². The van der Waals surface area contributed by atoms with Crippen molar-refractivity contribution in [3.05, 3.63) is 0 Å². The van der Waals surface area contributed by atoms with Crippen LogP contribution in [0.25, 0.3) is 0 Å². The highest BCUT2D eigenvalue weighted by Crippen LogP contribution is 2.14. The summed E-state index contributed by atoms with van der Waals surface area (Å²) < 4.78 is 0. The van der Waals surface area contributed by atoms with Gasteiger partial charge in [0.1, 0.15) is 0 Å². The third kappa shape index (κ3) is 1.54. The molecule has 0 aromatic rings. The molecule has 1 atom stereocenters. The smallest absolute Gasteiger partial charge is 0.166 e. The normalized spacial score (nSPS) is 26.0. The van der Waals surface area contributed by atoms with Gasteiger partial charge in [0, 0.05) is 15.2 Å². The quantitative estimate of drug-likeness (QED) is 0.468. The number of carbonyl (C=O) groups is 1. The van der Waals surface area contributed by atoms with Crippen LogP contribution in [0.3, 0.4) is 0 Å². The van der Waals surface area contributed by atoms with Gasteiger partial charge in [-0.15, -0.1) is 0 Å². The highest BCUT2D eigenvalue weighted by atomic mass is 31.1. The van der Waals surface area contributed by atoms with Crippen LogP contribution in [0.15, 0.2) is 0 Å². The van der Waals surface area contributed by atoms with Crippen molar-refractivity contribution >= 4 is 14.3 Å². The van der Waals surface area contributed by atoms with E-state index in [0.717, 1.165) is 19.4 Å². The van der Waals surface area contributed by atoms with E-state index < -0.39 is 0 Å². The van der Waals surface area contributed by atoms with E-state index in [1.165, 1.54) is 0 Å². The fourth-order valence-corrected chi connectivity index (χ4v) is 1.36. The SMILES string of the molecule is O=C1CCCNP1. The van der Waals surface area contributed by atoms with Gasteiger partial charge in [-0.2, -0.15) is 0 Å². The molecule has 0 amide bonds. The maximum absolute atomic E-state index is 10.4. The molecule has 1 aliphatic rings. The Balaban J connectivity index is 2.25. The summed E-state index contributed by atoms with van der Waals surface area (Å²) in [5.74, 6) is 0. The van der Waals surface area contributed by atoms with Crippen LogP contribution in [0.2, 0.25) is 0 Å². The van der Waals surface area contributed by atoms with Gasteiger partial charge in [0.05, 0.1) is 0 Å². The van der Waals surface area contributed by atoms with E-state index in [4.69, 9.17) is 0 Å². The Morgan fingerprint density at radius 2 is 2.57 bits per heavy atom. The van der Waals surface area contributed by atoms with Gasteiger partial charge < -0.3 is 0 Å². The van der Waals surface area contributed by atoms with Gasteiger partial charge in [-0.05, 0) is 13.0 Å². The van der Waals surface area contributed by atoms with Gasteiger partial charge in [0.2, 0.25) is 0 Å². The first-order chi connectivity index (χ1) is 3.39. The second-order valence-corrected chi connectivity index (χ2v) is 2.74. The third-order valence-corrected chi connectivity index (χ3v) is 1.89. The molecule has 2 nitrogen and oxygen atoms in total. The zero-order valence-electron chi connectivity index (χ0n) is 4.03. The first-order valence-electron chi connectivity index (χ1n) is 2.41. The van der Waals surface area contributed by atoms with Gasteiger partial charge in [0.15, 0.2) is 5.52 Å². The summed E-state index contributed by atoms with van der Waals surface area (Å²) in [7, 11) is 0.387. The van der Waals surface area contributed by atoms with Crippen molar-refractivity contribution in [1.29, 1.82) is 0 Å². The lowest BCUT2D eigenvalue weighted by Crippen LogP contribution is -2.13. The zero-order valence-corrected chi connectivity index (χ0v) is 5.03. The first-order valence-corrected chi connectivity index (χ1v) is 3.41. The Hall–Kier alpha value is 0.0600. The van der Waals surface area contributed by atoms with E-state index in [2.05, 4.69) is 5.09 Å². The van der Waals surface area contributed by atoms with Gasteiger partial charge >= 0.3 is 0 Å². The molecular weight excluding hydrogens is 109 g/mol. The lowest BCUT2D eigenvalue weighted by molar-refractivity contribution is -0.111. The molecule has 3 heteroatoms. The standard InChI is InChI=1S/C4H8NOP/c6-4-2-1-3-5-7-4/h5,7H,1-3H2. The summed E-state index contributed by atoms with van der Waals surface area (Å²) in [6, 6.07) is 0. The minimum Gasteiger partial charge on any atom is -0.293 e. The molecule has 0 saturated carbocycles. The monoisotopic (exact) mass is 117 g/mol. The van der Waals surface area contributed by atoms with Crippen molar-refractivity contribution in [2.45, 2.75) is 12.8 Å². The molecule has 1 rings (SSSR count). The molecule has 0 bridgehead atoms. The Morgan fingerprint density at radius 1 is 1.71 bits per heavy atom. The van der Waals surface area contributed by atoms with Crippen LogP contribution in [0, 0.1) is 0 Å². The van der Waals surface area contributed by atoms with E-state index >= 15 is 0 Å². The average molecular weight is 117 g/mol. The highest BCUT2D eigenvalue weighted by molar-refractivity contribution is 7.56. The van der Waals surface area contributed by atoms with E-state index in [1.54, 1.807) is 0 Å². The maximum Gasteiger partial charge on any atom is 0.166 e. The van der Waals surface area contributed by atoms with Crippen molar-refractivity contribution in [1.82, 2.24) is 5.09 Å². The van der Waals surface area contributed by atoms with Gasteiger partial charge in [-0.1, -0.05) is 0 Å². The molecule has 0 aromatic carbocycles. The average Bonchev–Trinajstić information content (AvgIpc) is 1.69. The van der Waals surface area contributed by atoms with Crippen LogP contribution in [-0.4, -0.2) is 12.1 Å². The summed E-state index contributed by atoms with van der Waals surface area (Å²) in [4.78, 5) is 10.4. The molecule has 0 aliphatic carbocycles. The van der Waals surface area contributed by atoms with Crippen LogP contribution >= 0.6 is 8.73 Å². The van der Waals surface area contributed by atoms with Gasteiger partial charge in [-0.25, -0.2) is 0 Å². The van der Waals surface area contributed by atoms with E-state index in [-0.39, 0.29) is 0 Å². The second kappa shape index (κ2) is 2.39. The fraction of sp³-hybridized carbons (Fsp3) is 0.750. The first kappa shape index (κ1) is 5.20. The van der Waals surface area contributed by atoms with Crippen molar-refractivity contribution in [2.24, 2.45) is 0 Å². The molecule has 1 saturated heterocycles. The molecule has 1 aliphatic heterocycles. The molecule has 0 spiro atoms. The number of hydrogen-bond donors (Lipinski definition) is 1. The Bertz CT molecular complexity index is 75.8. The number of nitrogens with one attached hydrogen (secondary N) is 1. The van der Waals surface area contributed by atoms with Crippen molar-refractivity contribution in [3.63, 3.8) is 0 Å². The molecule has 1 fully saturated rings. The summed E-state index contributed by atoms with van der Waals surface area (Å²) in [5.41, 5.74) is 0.381. The lowest BCUT2D eigenvalue weighted by Gasteiger charge is -2.07. The molecule has 1 unspecified atom stereocenters. The van der Waals surface area contributed by atoms with Crippen molar-refractivity contribution < 1.29 is 4.79 Å². The van der Waals surface area contributed by atoms with Crippen LogP contribution in [0.5, 0.6) is 0 Å². The molecule has 0 aromatic heterocycles. The molecule has 1 heterocycles. The van der Waals surface area contributed by atoms with Crippen LogP contribution < -0.4 is 5.09 Å². The van der Waals surface area contributed by atoms with E-state index in [9.17, 15) is 4.79 Å². The van der Waals surface area contributed by atoms with Gasteiger partial charge in [0.25, 0.3) is 0 Å². The Labute approximate surface area is 44.5 Å². The summed E-state index contributed by atoms with van der Waals surface area (Å²) in [6.07, 6.45) is 1.83. The lowest BCUT2D eigenvalue weighted by atomic mass is 10.3. The molecule has 7 heavy (non-hydrogen) atoms. The molecular formula is C4H8NOP. The number of hydrogen-bond acceptors (Lipinski definition) is 2. The molecule has 0 radical (unpaired) electrons. The Morgan fingerprint density at radius 3 is 2.86 bits per heavy atom. The topological polar surface area (TPSA) is 29.1 Å². The van der Waals surface area contributed by atoms with Crippen molar-refractivity contribution in [3.8, 4) is 0 Å². The van der Waals surface area contributed by atoms with Crippen LogP contribution in [-0.2, 0) is 4.79 Å². The Kier molecular flexibility index (Phi) is 1.77. The minimum absolute atomic E-state index is 0.381. The number of rotatable bonds is 0. The van der Waals surface area contributed by atoms with E-state index in [0.29, 0.717) is 14.3 Å². The predicted octanol–water partition coefficient (Wildman–Crippen LogP) is 0.490. The summed E-state index contributed by atoms with van der Waals surface area (Å²) >= 11 is 0. The largest absolute Gasteiger partial charge is 0.293 e. The highest BCUT2D eigenvalue weighted by Gasteiger charge is 2.04.